The van der Waals surface area contributed by atoms with Crippen molar-refractivity contribution in [3.05, 3.63) is 164 Å². The Kier molecular flexibility index (Phi) is 10.1. The largest absolute Gasteiger partial charge is 0.748 e. The van der Waals surface area contributed by atoms with E-state index in [1.165, 1.54) is 48.1 Å². The first kappa shape index (κ1) is 35.6. The van der Waals surface area contributed by atoms with E-state index < -0.39 is 21.3 Å². The number of carbonyl (C=O) groups is 1. The summed E-state index contributed by atoms with van der Waals surface area (Å²) in [4.78, 5) is 15.8. The quantitative estimate of drug-likeness (QED) is 0.116. The summed E-state index contributed by atoms with van der Waals surface area (Å²) < 4.78 is 32.7. The fraction of sp³-hybridized carbons (Fsp3) is 0.196. The van der Waals surface area contributed by atoms with Gasteiger partial charge in [0.25, 0.3) is 0 Å². The number of rotatable bonds is 8. The van der Waals surface area contributed by atoms with Crippen molar-refractivity contribution in [1.29, 1.82) is 0 Å². The van der Waals surface area contributed by atoms with E-state index in [0.717, 1.165) is 6.42 Å². The molecular formula is C46H42O4S2. The van der Waals surface area contributed by atoms with Crippen LogP contribution in [0, 0.1) is 16.7 Å². The molecule has 6 aromatic carbocycles. The number of hydrogen-bond donors (Lipinski definition) is 0. The lowest BCUT2D eigenvalue weighted by Gasteiger charge is -2.37. The Hall–Kier alpha value is -4.75. The molecule has 2 bridgehead atoms. The topological polar surface area (TPSA) is 74.3 Å². The van der Waals surface area contributed by atoms with Crippen LogP contribution in [-0.4, -0.2) is 24.5 Å². The monoisotopic (exact) mass is 722 g/mol. The third-order valence-electron chi connectivity index (χ3n) is 11.1. The number of hydrogen-bond acceptors (Lipinski definition) is 4. The molecule has 0 spiro atoms. The standard InChI is InChI=1S/C36H27S.C10H16O4S/c1-6-16-28(17-7-1)31-26-34(29-18-8-2-9-19-29)36(35(27-31)30-20-10-3-11-21-30)37(32-22-12-4-13-23-32)33-24-14-5-15-25-33;1-9(2)7-3-4-10(9,8(11)5-7)6-15(12,13)14/h1-27H;7H,3-6H2,1-2H3,(H,12,13,14)/q+1;/p-1. The van der Waals surface area contributed by atoms with E-state index in [1.54, 1.807) is 0 Å². The first-order valence-electron chi connectivity index (χ1n) is 17.7. The molecule has 0 saturated heterocycles. The highest BCUT2D eigenvalue weighted by atomic mass is 32.2. The number of fused-ring (bicyclic) bond motifs is 2. The van der Waals surface area contributed by atoms with Gasteiger partial charge in [-0.2, -0.15) is 0 Å². The van der Waals surface area contributed by atoms with E-state index in [9.17, 15) is 17.8 Å². The van der Waals surface area contributed by atoms with Gasteiger partial charge in [0.1, 0.15) is 16.7 Å². The molecule has 2 atom stereocenters. The molecule has 2 aliphatic rings. The van der Waals surface area contributed by atoms with Crippen molar-refractivity contribution in [2.75, 3.05) is 5.75 Å². The maximum Gasteiger partial charge on any atom is 0.182 e. The highest BCUT2D eigenvalue weighted by Gasteiger charge is 2.64. The molecule has 52 heavy (non-hydrogen) atoms. The van der Waals surface area contributed by atoms with Crippen LogP contribution in [0.25, 0.3) is 33.4 Å². The SMILES string of the molecule is CC1(C)C2CCC1(CS(=O)(=O)[O-])C(=O)C2.c1ccc(-c2cc(-c3ccccc3)c([S+](c3ccccc3)c3ccccc3)c(-c3ccccc3)c2)cc1. The smallest absolute Gasteiger partial charge is 0.182 e. The molecule has 2 fully saturated rings. The Balaban J connectivity index is 0.000000234. The fourth-order valence-electron chi connectivity index (χ4n) is 8.21. The van der Waals surface area contributed by atoms with E-state index >= 15 is 0 Å². The average molecular weight is 723 g/mol. The summed E-state index contributed by atoms with van der Waals surface area (Å²) in [5.74, 6) is -0.280. The Labute approximate surface area is 310 Å². The van der Waals surface area contributed by atoms with Crippen LogP contribution in [0.2, 0.25) is 0 Å². The molecular weight excluding hydrogens is 681 g/mol. The molecule has 4 nitrogen and oxygen atoms in total. The second-order valence-corrected chi connectivity index (χ2v) is 17.7. The average Bonchev–Trinajstić information content (AvgIpc) is 3.51. The van der Waals surface area contributed by atoms with E-state index in [2.05, 4.69) is 164 Å². The minimum absolute atomic E-state index is 0.0248. The van der Waals surface area contributed by atoms with Crippen LogP contribution in [0.3, 0.4) is 0 Å². The molecule has 0 aromatic heterocycles. The van der Waals surface area contributed by atoms with Crippen LogP contribution >= 0.6 is 0 Å². The van der Waals surface area contributed by atoms with E-state index in [1.807, 2.05) is 13.8 Å². The van der Waals surface area contributed by atoms with Gasteiger partial charge in [-0.3, -0.25) is 4.79 Å². The van der Waals surface area contributed by atoms with Crippen LogP contribution in [0.4, 0.5) is 0 Å². The lowest BCUT2D eigenvalue weighted by atomic mass is 9.70. The Morgan fingerprint density at radius 2 is 1.02 bits per heavy atom. The summed E-state index contributed by atoms with van der Waals surface area (Å²) in [6.07, 6.45) is 1.88. The second-order valence-electron chi connectivity index (χ2n) is 14.3. The molecule has 2 unspecified atom stereocenters. The molecule has 6 aromatic rings. The van der Waals surface area contributed by atoms with E-state index in [0.29, 0.717) is 12.8 Å². The highest BCUT2D eigenvalue weighted by molar-refractivity contribution is 7.97. The molecule has 262 valence electrons. The van der Waals surface area contributed by atoms with Crippen molar-refractivity contribution in [1.82, 2.24) is 0 Å². The Morgan fingerprint density at radius 3 is 1.38 bits per heavy atom. The van der Waals surface area contributed by atoms with Gasteiger partial charge in [0.05, 0.1) is 15.9 Å². The fourth-order valence-corrected chi connectivity index (χ4v) is 11.9. The summed E-state index contributed by atoms with van der Waals surface area (Å²) >= 11 is 0. The molecule has 0 amide bonds. The van der Waals surface area contributed by atoms with Gasteiger partial charge in [0, 0.05) is 23.0 Å². The van der Waals surface area contributed by atoms with Crippen LogP contribution < -0.4 is 0 Å². The van der Waals surface area contributed by atoms with Crippen molar-refractivity contribution in [2.24, 2.45) is 16.7 Å². The molecule has 0 aliphatic heterocycles. The lowest BCUT2D eigenvalue weighted by molar-refractivity contribution is -0.128. The van der Waals surface area contributed by atoms with Gasteiger partial charge in [-0.15, -0.1) is 0 Å². The first-order valence-corrected chi connectivity index (χ1v) is 20.5. The molecule has 2 aliphatic carbocycles. The van der Waals surface area contributed by atoms with Crippen molar-refractivity contribution in [2.45, 2.75) is 47.8 Å². The molecule has 0 N–H and O–H groups in total. The van der Waals surface area contributed by atoms with E-state index in [4.69, 9.17) is 0 Å². The van der Waals surface area contributed by atoms with Gasteiger partial charge < -0.3 is 4.55 Å². The Morgan fingerprint density at radius 1 is 0.615 bits per heavy atom. The van der Waals surface area contributed by atoms with Gasteiger partial charge >= 0.3 is 0 Å². The third-order valence-corrected chi connectivity index (χ3v) is 14.3. The van der Waals surface area contributed by atoms with Crippen LogP contribution in [0.5, 0.6) is 0 Å². The van der Waals surface area contributed by atoms with Crippen molar-refractivity contribution in [3.63, 3.8) is 0 Å². The number of benzene rings is 6. The zero-order valence-electron chi connectivity index (χ0n) is 29.4. The molecule has 6 heteroatoms. The van der Waals surface area contributed by atoms with Crippen molar-refractivity contribution in [3.8, 4) is 33.4 Å². The predicted molar refractivity (Wildman–Crippen MR) is 211 cm³/mol. The van der Waals surface area contributed by atoms with Gasteiger partial charge in [0.2, 0.25) is 0 Å². The Bertz CT molecular complexity index is 2160. The maximum absolute atomic E-state index is 11.8. The van der Waals surface area contributed by atoms with Gasteiger partial charge in [0.15, 0.2) is 14.7 Å². The lowest BCUT2D eigenvalue weighted by Crippen LogP contribution is -2.42. The molecule has 8 rings (SSSR count). The number of ketones is 1. The van der Waals surface area contributed by atoms with Crippen LogP contribution in [0.1, 0.15) is 33.1 Å². The summed E-state index contributed by atoms with van der Waals surface area (Å²) in [6.45, 7) is 3.83. The normalized spacial score (nSPS) is 18.9. The summed E-state index contributed by atoms with van der Waals surface area (Å²) in [5, 5.41) is 0. The number of Topliss-reactive ketones (excluding diaryl/α,β-unsaturated/α-hetero) is 1. The minimum atomic E-state index is -4.33. The van der Waals surface area contributed by atoms with Crippen LogP contribution in [0.15, 0.2) is 178 Å². The zero-order chi connectivity index (χ0) is 36.3. The second kappa shape index (κ2) is 14.7. The molecule has 2 saturated carbocycles. The summed E-state index contributed by atoms with van der Waals surface area (Å²) in [7, 11) is -4.63. The third kappa shape index (κ3) is 7.03. The predicted octanol–water partition coefficient (Wildman–Crippen LogP) is 10.7. The highest BCUT2D eigenvalue weighted by Crippen LogP contribution is 2.64. The minimum Gasteiger partial charge on any atom is -0.748 e. The number of carbonyl (C=O) groups excluding carboxylic acids is 1. The summed E-state index contributed by atoms with van der Waals surface area (Å²) in [5.41, 5.74) is 6.25. The van der Waals surface area contributed by atoms with Crippen LogP contribution in [-0.2, 0) is 25.8 Å². The first-order chi connectivity index (χ1) is 25.1. The van der Waals surface area contributed by atoms with Crippen molar-refractivity contribution >= 4 is 26.8 Å². The maximum atomic E-state index is 11.8. The van der Waals surface area contributed by atoms with Crippen molar-refractivity contribution < 1.29 is 17.8 Å². The molecule has 0 heterocycles. The van der Waals surface area contributed by atoms with Gasteiger partial charge in [-0.25, -0.2) is 8.42 Å². The zero-order valence-corrected chi connectivity index (χ0v) is 31.1. The van der Waals surface area contributed by atoms with E-state index in [-0.39, 0.29) is 28.0 Å². The van der Waals surface area contributed by atoms with Gasteiger partial charge in [-0.1, -0.05) is 141 Å². The van der Waals surface area contributed by atoms with Gasteiger partial charge in [-0.05, 0) is 82.8 Å². The summed E-state index contributed by atoms with van der Waals surface area (Å²) in [6, 6.07) is 59.1. The molecule has 0 radical (unpaired) electrons.